The van der Waals surface area contributed by atoms with Gasteiger partial charge in [0.15, 0.2) is 0 Å². The molecule has 0 spiro atoms. The van der Waals surface area contributed by atoms with Crippen LogP contribution in [0.1, 0.15) is 43.7 Å². The highest BCUT2D eigenvalue weighted by Gasteiger charge is 2.20. The lowest BCUT2D eigenvalue weighted by atomic mass is 9.97. The lowest BCUT2D eigenvalue weighted by Gasteiger charge is -2.11. The summed E-state index contributed by atoms with van der Waals surface area (Å²) in [4.78, 5) is 0. The average molecular weight is 279 g/mol. The molecule has 0 heterocycles. The standard InChI is InChI=1S/C20H25N/c1-2-3-6-16-9-11-17(12-10-16)20-8-5-4-7-18(20)15-21-19-13-14-19/h4-5,7-12,19,21H,2-3,6,13-15H2,1H3. The number of unbranched alkanes of at least 4 members (excludes halogenated alkanes) is 1. The third-order valence-corrected chi connectivity index (χ3v) is 4.26. The van der Waals surface area contributed by atoms with E-state index in [1.807, 2.05) is 0 Å². The lowest BCUT2D eigenvalue weighted by Crippen LogP contribution is -2.15. The summed E-state index contributed by atoms with van der Waals surface area (Å²) >= 11 is 0. The molecule has 0 radical (unpaired) electrons. The Morgan fingerprint density at radius 2 is 1.76 bits per heavy atom. The third-order valence-electron chi connectivity index (χ3n) is 4.26. The highest BCUT2D eigenvalue weighted by Crippen LogP contribution is 2.26. The van der Waals surface area contributed by atoms with Crippen LogP contribution in [-0.4, -0.2) is 6.04 Å². The Morgan fingerprint density at radius 3 is 2.48 bits per heavy atom. The molecule has 21 heavy (non-hydrogen) atoms. The zero-order valence-corrected chi connectivity index (χ0v) is 12.9. The van der Waals surface area contributed by atoms with E-state index in [4.69, 9.17) is 0 Å². The van der Waals surface area contributed by atoms with Gasteiger partial charge in [-0.15, -0.1) is 0 Å². The Morgan fingerprint density at radius 1 is 1.00 bits per heavy atom. The number of nitrogens with one attached hydrogen (secondary N) is 1. The van der Waals surface area contributed by atoms with Crippen LogP contribution >= 0.6 is 0 Å². The van der Waals surface area contributed by atoms with Gasteiger partial charge in [-0.05, 0) is 47.9 Å². The van der Waals surface area contributed by atoms with E-state index in [2.05, 4.69) is 60.8 Å². The Hall–Kier alpha value is -1.60. The first-order valence-corrected chi connectivity index (χ1v) is 8.27. The summed E-state index contributed by atoms with van der Waals surface area (Å²) in [5.41, 5.74) is 5.57. The van der Waals surface area contributed by atoms with Crippen LogP contribution in [0.2, 0.25) is 0 Å². The predicted octanol–water partition coefficient (Wildman–Crippen LogP) is 4.95. The minimum absolute atomic E-state index is 0.759. The van der Waals surface area contributed by atoms with Gasteiger partial charge in [0.2, 0.25) is 0 Å². The van der Waals surface area contributed by atoms with Gasteiger partial charge in [-0.2, -0.15) is 0 Å². The van der Waals surface area contributed by atoms with Crippen LogP contribution in [0.5, 0.6) is 0 Å². The Kier molecular flexibility index (Phi) is 4.72. The molecule has 0 saturated heterocycles. The van der Waals surface area contributed by atoms with Crippen LogP contribution in [0.3, 0.4) is 0 Å². The number of benzene rings is 2. The number of hydrogen-bond acceptors (Lipinski definition) is 1. The monoisotopic (exact) mass is 279 g/mol. The van der Waals surface area contributed by atoms with E-state index in [0.29, 0.717) is 0 Å². The van der Waals surface area contributed by atoms with Crippen molar-refractivity contribution in [3.05, 3.63) is 59.7 Å². The fourth-order valence-electron chi connectivity index (χ4n) is 2.73. The topological polar surface area (TPSA) is 12.0 Å². The van der Waals surface area contributed by atoms with Crippen molar-refractivity contribution in [1.29, 1.82) is 0 Å². The van der Waals surface area contributed by atoms with Crippen molar-refractivity contribution in [2.75, 3.05) is 0 Å². The van der Waals surface area contributed by atoms with Crippen LogP contribution in [0.25, 0.3) is 11.1 Å². The maximum Gasteiger partial charge on any atom is 0.0214 e. The van der Waals surface area contributed by atoms with Crippen LogP contribution in [0, 0.1) is 0 Å². The second-order valence-electron chi connectivity index (χ2n) is 6.11. The molecule has 1 fully saturated rings. The first-order chi connectivity index (χ1) is 10.4. The zero-order chi connectivity index (χ0) is 14.5. The van der Waals surface area contributed by atoms with Crippen LogP contribution < -0.4 is 5.32 Å². The molecule has 1 N–H and O–H groups in total. The van der Waals surface area contributed by atoms with E-state index >= 15 is 0 Å². The van der Waals surface area contributed by atoms with Gasteiger partial charge in [-0.25, -0.2) is 0 Å². The fraction of sp³-hybridized carbons (Fsp3) is 0.400. The largest absolute Gasteiger partial charge is 0.310 e. The number of hydrogen-bond donors (Lipinski definition) is 1. The maximum atomic E-state index is 3.62. The van der Waals surface area contributed by atoms with Crippen molar-refractivity contribution >= 4 is 0 Å². The molecule has 1 aliphatic rings. The molecule has 1 saturated carbocycles. The summed E-state index contributed by atoms with van der Waals surface area (Å²) in [5.74, 6) is 0. The second kappa shape index (κ2) is 6.91. The van der Waals surface area contributed by atoms with E-state index in [1.54, 1.807) is 0 Å². The maximum absolute atomic E-state index is 3.62. The molecule has 110 valence electrons. The minimum atomic E-state index is 0.759. The minimum Gasteiger partial charge on any atom is -0.310 e. The van der Waals surface area contributed by atoms with Crippen LogP contribution in [-0.2, 0) is 13.0 Å². The van der Waals surface area contributed by atoms with Gasteiger partial charge in [0.05, 0.1) is 0 Å². The van der Waals surface area contributed by atoms with E-state index in [0.717, 1.165) is 12.6 Å². The predicted molar refractivity (Wildman–Crippen MR) is 90.4 cm³/mol. The molecular formula is C20H25N. The summed E-state index contributed by atoms with van der Waals surface area (Å²) in [5, 5.41) is 3.62. The van der Waals surface area contributed by atoms with Crippen LogP contribution in [0.15, 0.2) is 48.5 Å². The Labute approximate surface area is 128 Å². The highest BCUT2D eigenvalue weighted by molar-refractivity contribution is 5.67. The summed E-state index contributed by atoms with van der Waals surface area (Å²) < 4.78 is 0. The van der Waals surface area contributed by atoms with Gasteiger partial charge >= 0.3 is 0 Å². The van der Waals surface area contributed by atoms with Gasteiger partial charge in [0.25, 0.3) is 0 Å². The lowest BCUT2D eigenvalue weighted by molar-refractivity contribution is 0.689. The highest BCUT2D eigenvalue weighted by atomic mass is 14.9. The van der Waals surface area contributed by atoms with E-state index in [-0.39, 0.29) is 0 Å². The second-order valence-corrected chi connectivity index (χ2v) is 6.11. The van der Waals surface area contributed by atoms with Crippen molar-refractivity contribution < 1.29 is 0 Å². The number of aryl methyl sites for hydroxylation is 1. The molecule has 0 atom stereocenters. The molecule has 3 rings (SSSR count). The Balaban J connectivity index is 1.75. The molecule has 1 heteroatoms. The molecule has 0 bridgehead atoms. The molecule has 0 aliphatic heterocycles. The molecule has 0 amide bonds. The smallest absolute Gasteiger partial charge is 0.0214 e. The molecule has 0 aromatic heterocycles. The van der Waals surface area contributed by atoms with E-state index < -0.39 is 0 Å². The molecule has 2 aromatic carbocycles. The summed E-state index contributed by atoms with van der Waals surface area (Å²) in [6.07, 6.45) is 6.42. The summed E-state index contributed by atoms with van der Waals surface area (Å²) in [7, 11) is 0. The summed E-state index contributed by atoms with van der Waals surface area (Å²) in [6.45, 7) is 3.23. The normalized spacial score (nSPS) is 14.3. The molecular weight excluding hydrogens is 254 g/mol. The van der Waals surface area contributed by atoms with Gasteiger partial charge in [-0.3, -0.25) is 0 Å². The first kappa shape index (κ1) is 14.3. The van der Waals surface area contributed by atoms with Crippen molar-refractivity contribution in [2.45, 2.75) is 51.6 Å². The van der Waals surface area contributed by atoms with Gasteiger partial charge in [0.1, 0.15) is 0 Å². The van der Waals surface area contributed by atoms with Crippen molar-refractivity contribution in [3.63, 3.8) is 0 Å². The average Bonchev–Trinajstić information content (AvgIpc) is 3.36. The molecule has 1 nitrogen and oxygen atoms in total. The SMILES string of the molecule is CCCCc1ccc(-c2ccccc2CNC2CC2)cc1. The van der Waals surface area contributed by atoms with E-state index in [9.17, 15) is 0 Å². The van der Waals surface area contributed by atoms with Gasteiger partial charge in [-0.1, -0.05) is 61.9 Å². The Bertz CT molecular complexity index is 567. The quantitative estimate of drug-likeness (QED) is 0.756. The van der Waals surface area contributed by atoms with E-state index in [1.165, 1.54) is 54.4 Å². The summed E-state index contributed by atoms with van der Waals surface area (Å²) in [6, 6.07) is 18.7. The van der Waals surface area contributed by atoms with Crippen molar-refractivity contribution in [3.8, 4) is 11.1 Å². The molecule has 2 aromatic rings. The van der Waals surface area contributed by atoms with Crippen molar-refractivity contribution in [1.82, 2.24) is 5.32 Å². The number of rotatable bonds is 7. The van der Waals surface area contributed by atoms with Crippen molar-refractivity contribution in [2.24, 2.45) is 0 Å². The molecule has 0 unspecified atom stereocenters. The molecule has 1 aliphatic carbocycles. The van der Waals surface area contributed by atoms with Crippen LogP contribution in [0.4, 0.5) is 0 Å². The zero-order valence-electron chi connectivity index (χ0n) is 12.9. The fourth-order valence-corrected chi connectivity index (χ4v) is 2.73. The first-order valence-electron chi connectivity index (χ1n) is 8.27. The third kappa shape index (κ3) is 3.95. The van der Waals surface area contributed by atoms with Gasteiger partial charge in [0, 0.05) is 12.6 Å². The van der Waals surface area contributed by atoms with Gasteiger partial charge < -0.3 is 5.32 Å².